The van der Waals surface area contributed by atoms with Crippen LogP contribution in [0.4, 0.5) is 0 Å². The summed E-state index contributed by atoms with van der Waals surface area (Å²) in [5.74, 6) is 1.67. The van der Waals surface area contributed by atoms with E-state index in [0.29, 0.717) is 13.3 Å². The van der Waals surface area contributed by atoms with Crippen LogP contribution in [0.15, 0.2) is 18.2 Å². The topological polar surface area (TPSA) is 57.0 Å². The number of ether oxygens (including phenoxy) is 3. The van der Waals surface area contributed by atoms with Crippen molar-refractivity contribution in [3.8, 4) is 11.5 Å². The van der Waals surface area contributed by atoms with Crippen molar-refractivity contribution in [2.24, 2.45) is 5.73 Å². The van der Waals surface area contributed by atoms with E-state index in [4.69, 9.17) is 19.9 Å². The lowest BCUT2D eigenvalue weighted by Crippen LogP contribution is -2.54. The molecule has 110 valence electrons. The summed E-state index contributed by atoms with van der Waals surface area (Å²) in [6, 6.07) is 6.12. The van der Waals surface area contributed by atoms with Gasteiger partial charge in [-0.3, -0.25) is 4.90 Å². The van der Waals surface area contributed by atoms with Gasteiger partial charge in [0.05, 0.1) is 11.7 Å². The fraction of sp³-hybridized carbons (Fsp3) is 0.600. The average Bonchev–Trinajstić information content (AvgIpc) is 2.84. The maximum atomic E-state index is 5.95. The lowest BCUT2D eigenvalue weighted by atomic mass is 10.0. The molecule has 2 aliphatic rings. The van der Waals surface area contributed by atoms with Crippen LogP contribution in [0, 0.1) is 0 Å². The van der Waals surface area contributed by atoms with Gasteiger partial charge in [-0.1, -0.05) is 6.07 Å². The van der Waals surface area contributed by atoms with Crippen molar-refractivity contribution in [3.05, 3.63) is 23.8 Å². The molecule has 3 rings (SSSR count). The molecule has 2 aliphatic heterocycles. The Morgan fingerprint density at radius 3 is 2.90 bits per heavy atom. The first-order valence-electron chi connectivity index (χ1n) is 7.04. The van der Waals surface area contributed by atoms with Gasteiger partial charge >= 0.3 is 0 Å². The number of benzene rings is 1. The fourth-order valence-corrected chi connectivity index (χ4v) is 2.96. The highest BCUT2D eigenvalue weighted by atomic mass is 16.7. The Bertz CT molecular complexity index is 490. The summed E-state index contributed by atoms with van der Waals surface area (Å²) in [6.45, 7) is 7.74. The highest BCUT2D eigenvalue weighted by Gasteiger charge is 2.32. The molecule has 5 nitrogen and oxygen atoms in total. The molecular weight excluding hydrogens is 256 g/mol. The van der Waals surface area contributed by atoms with Gasteiger partial charge < -0.3 is 19.9 Å². The molecule has 0 bridgehead atoms. The van der Waals surface area contributed by atoms with Gasteiger partial charge in [0.2, 0.25) is 6.79 Å². The Balaban J connectivity index is 1.70. The van der Waals surface area contributed by atoms with Crippen LogP contribution in [0.25, 0.3) is 0 Å². The summed E-state index contributed by atoms with van der Waals surface area (Å²) in [7, 11) is 0. The Labute approximate surface area is 119 Å². The van der Waals surface area contributed by atoms with E-state index in [9.17, 15) is 0 Å². The summed E-state index contributed by atoms with van der Waals surface area (Å²) in [4.78, 5) is 2.39. The number of rotatable bonds is 3. The molecule has 2 heterocycles. The molecule has 0 saturated carbocycles. The molecule has 0 radical (unpaired) electrons. The normalized spacial score (nSPS) is 24.9. The predicted octanol–water partition coefficient (Wildman–Crippen LogP) is 1.35. The van der Waals surface area contributed by atoms with E-state index in [-0.39, 0.29) is 11.7 Å². The van der Waals surface area contributed by atoms with Gasteiger partial charge in [-0.25, -0.2) is 0 Å². The third kappa shape index (κ3) is 2.90. The Kier molecular flexibility index (Phi) is 3.58. The van der Waals surface area contributed by atoms with E-state index in [1.165, 1.54) is 5.56 Å². The van der Waals surface area contributed by atoms with Crippen molar-refractivity contribution >= 4 is 0 Å². The first-order chi connectivity index (χ1) is 9.55. The van der Waals surface area contributed by atoms with Crippen LogP contribution in [0.3, 0.4) is 0 Å². The Morgan fingerprint density at radius 1 is 1.30 bits per heavy atom. The van der Waals surface area contributed by atoms with Gasteiger partial charge in [-0.05, 0) is 31.5 Å². The first kappa shape index (κ1) is 13.7. The van der Waals surface area contributed by atoms with Gasteiger partial charge in [0.25, 0.3) is 0 Å². The fourth-order valence-electron chi connectivity index (χ4n) is 2.96. The zero-order chi connectivity index (χ0) is 14.2. The third-order valence-electron chi connectivity index (χ3n) is 3.66. The van der Waals surface area contributed by atoms with Gasteiger partial charge in [0, 0.05) is 26.2 Å². The molecule has 1 aromatic rings. The maximum absolute atomic E-state index is 5.95. The summed E-state index contributed by atoms with van der Waals surface area (Å²) in [6.07, 6.45) is 0.104. The van der Waals surface area contributed by atoms with E-state index < -0.39 is 0 Å². The summed E-state index contributed by atoms with van der Waals surface area (Å²) in [5, 5.41) is 0. The van der Waals surface area contributed by atoms with Gasteiger partial charge in [0.1, 0.15) is 0 Å². The SMILES string of the molecule is CC1(C)CN(Cc2ccc3c(c2)OCO3)CC(CN)O1. The second-order valence-electron chi connectivity index (χ2n) is 6.09. The van der Waals surface area contributed by atoms with Gasteiger partial charge in [-0.15, -0.1) is 0 Å². The molecule has 0 aliphatic carbocycles. The minimum atomic E-state index is -0.154. The van der Waals surface area contributed by atoms with Crippen molar-refractivity contribution in [1.82, 2.24) is 4.90 Å². The predicted molar refractivity (Wildman–Crippen MR) is 75.8 cm³/mol. The minimum Gasteiger partial charge on any atom is -0.454 e. The maximum Gasteiger partial charge on any atom is 0.231 e. The zero-order valence-corrected chi connectivity index (χ0v) is 12.1. The van der Waals surface area contributed by atoms with Crippen LogP contribution < -0.4 is 15.2 Å². The van der Waals surface area contributed by atoms with Crippen LogP contribution in [-0.4, -0.2) is 43.0 Å². The van der Waals surface area contributed by atoms with Crippen LogP contribution in [-0.2, 0) is 11.3 Å². The van der Waals surface area contributed by atoms with Crippen LogP contribution in [0.1, 0.15) is 19.4 Å². The quantitative estimate of drug-likeness (QED) is 0.904. The molecule has 1 aromatic carbocycles. The minimum absolute atomic E-state index is 0.104. The smallest absolute Gasteiger partial charge is 0.231 e. The van der Waals surface area contributed by atoms with Crippen LogP contribution in [0.2, 0.25) is 0 Å². The first-order valence-corrected chi connectivity index (χ1v) is 7.04. The molecule has 2 N–H and O–H groups in total. The summed E-state index contributed by atoms with van der Waals surface area (Å²) in [5.41, 5.74) is 6.84. The van der Waals surface area contributed by atoms with E-state index in [1.54, 1.807) is 0 Å². The number of nitrogens with zero attached hydrogens (tertiary/aromatic N) is 1. The summed E-state index contributed by atoms with van der Waals surface area (Å²) < 4.78 is 16.7. The highest BCUT2D eigenvalue weighted by molar-refractivity contribution is 5.44. The molecule has 0 amide bonds. The molecule has 1 unspecified atom stereocenters. The van der Waals surface area contributed by atoms with E-state index in [1.807, 2.05) is 6.07 Å². The Hall–Kier alpha value is -1.30. The molecule has 1 saturated heterocycles. The monoisotopic (exact) mass is 278 g/mol. The van der Waals surface area contributed by atoms with Crippen molar-refractivity contribution < 1.29 is 14.2 Å². The van der Waals surface area contributed by atoms with Crippen molar-refractivity contribution in [1.29, 1.82) is 0 Å². The molecule has 20 heavy (non-hydrogen) atoms. The van der Waals surface area contributed by atoms with Crippen molar-refractivity contribution in [2.45, 2.75) is 32.1 Å². The number of fused-ring (bicyclic) bond motifs is 1. The molecule has 5 heteroatoms. The molecule has 1 atom stereocenters. The number of hydrogen-bond acceptors (Lipinski definition) is 5. The highest BCUT2D eigenvalue weighted by Crippen LogP contribution is 2.33. The summed E-state index contributed by atoms with van der Waals surface area (Å²) >= 11 is 0. The van der Waals surface area contributed by atoms with Crippen molar-refractivity contribution in [3.63, 3.8) is 0 Å². The molecule has 0 aromatic heterocycles. The van der Waals surface area contributed by atoms with Crippen LogP contribution >= 0.6 is 0 Å². The molecule has 1 fully saturated rings. The third-order valence-corrected chi connectivity index (χ3v) is 3.66. The number of hydrogen-bond donors (Lipinski definition) is 1. The van der Waals surface area contributed by atoms with Gasteiger partial charge in [-0.2, -0.15) is 0 Å². The van der Waals surface area contributed by atoms with Crippen molar-refractivity contribution in [2.75, 3.05) is 26.4 Å². The standard InChI is InChI=1S/C15H22N2O3/c1-15(2)9-17(8-12(6-16)20-15)7-11-3-4-13-14(5-11)19-10-18-13/h3-5,12H,6-10,16H2,1-2H3. The number of morpholine rings is 1. The molecule has 0 spiro atoms. The second kappa shape index (κ2) is 5.24. The van der Waals surface area contributed by atoms with E-state index >= 15 is 0 Å². The lowest BCUT2D eigenvalue weighted by Gasteiger charge is -2.42. The van der Waals surface area contributed by atoms with E-state index in [2.05, 4.69) is 30.9 Å². The average molecular weight is 278 g/mol. The molecular formula is C15H22N2O3. The Morgan fingerprint density at radius 2 is 2.10 bits per heavy atom. The second-order valence-corrected chi connectivity index (χ2v) is 6.09. The lowest BCUT2D eigenvalue weighted by molar-refractivity contribution is -0.133. The van der Waals surface area contributed by atoms with Crippen LogP contribution in [0.5, 0.6) is 11.5 Å². The number of nitrogens with two attached hydrogens (primary N) is 1. The van der Waals surface area contributed by atoms with E-state index in [0.717, 1.165) is 31.1 Å². The van der Waals surface area contributed by atoms with Gasteiger partial charge in [0.15, 0.2) is 11.5 Å². The zero-order valence-electron chi connectivity index (χ0n) is 12.1. The largest absolute Gasteiger partial charge is 0.454 e.